The van der Waals surface area contributed by atoms with Gasteiger partial charge in [-0.25, -0.2) is 0 Å². The zero-order chi connectivity index (χ0) is 10.3. The summed E-state index contributed by atoms with van der Waals surface area (Å²) in [4.78, 5) is 0. The van der Waals surface area contributed by atoms with Crippen molar-refractivity contribution >= 4 is 48.1 Å². The molecule has 0 saturated heterocycles. The molecule has 3 aromatic rings. The Balaban J connectivity index is 0.000000963. The van der Waals surface area contributed by atoms with Gasteiger partial charge in [0.05, 0.1) is 7.11 Å². The van der Waals surface area contributed by atoms with Crippen molar-refractivity contribution in [1.82, 2.24) is 0 Å². The van der Waals surface area contributed by atoms with Gasteiger partial charge in [-0.05, 0) is 16.6 Å². The molecule has 76 valence electrons. The van der Waals surface area contributed by atoms with Gasteiger partial charge in [-0.2, -0.15) is 0 Å². The second-order valence-corrected chi connectivity index (χ2v) is 4.88. The second kappa shape index (κ2) is 4.56. The van der Waals surface area contributed by atoms with Crippen LogP contribution in [0.3, 0.4) is 0 Å². The molecule has 16 heavy (non-hydrogen) atoms. The number of hydrogen-bond donors (Lipinski definition) is 0. The fourth-order valence-corrected chi connectivity index (χ4v) is 3.41. The van der Waals surface area contributed by atoms with Crippen molar-refractivity contribution in [1.29, 1.82) is 0 Å². The summed E-state index contributed by atoms with van der Waals surface area (Å²) in [7, 11) is 2.51. The number of benzene rings is 2. The molecule has 0 aliphatic rings. The van der Waals surface area contributed by atoms with E-state index in [0.717, 1.165) is 13.9 Å². The van der Waals surface area contributed by atoms with E-state index in [2.05, 4.69) is 36.4 Å². The second-order valence-electron chi connectivity index (χ2n) is 3.55. The molecule has 0 amide bonds. The Hall–Kier alpha value is -0.863. The van der Waals surface area contributed by atoms with Crippen LogP contribution in [0, 0.1) is 0 Å². The number of ether oxygens (including phenoxy) is 1. The number of rotatable bonds is 1. The van der Waals surface area contributed by atoms with Gasteiger partial charge in [0.15, 0.2) is 0 Å². The van der Waals surface area contributed by atoms with Gasteiger partial charge in [0.1, 0.15) is 5.75 Å². The average Bonchev–Trinajstić information content (AvgIpc) is 2.67. The summed E-state index contributed by atoms with van der Waals surface area (Å²) in [6.45, 7) is 0. The number of fused-ring (bicyclic) bond motifs is 3. The first-order chi connectivity index (χ1) is 7.40. The van der Waals surface area contributed by atoms with E-state index in [9.17, 15) is 0 Å². The van der Waals surface area contributed by atoms with Crippen molar-refractivity contribution in [2.75, 3.05) is 7.11 Å². The Bertz CT molecular complexity index is 630. The van der Waals surface area contributed by atoms with Crippen LogP contribution in [-0.4, -0.2) is 26.0 Å². The third-order valence-corrected chi connectivity index (χ3v) is 4.10. The van der Waals surface area contributed by atoms with Gasteiger partial charge < -0.3 is 4.74 Å². The van der Waals surface area contributed by atoms with E-state index in [-0.39, 0.29) is 18.9 Å². The zero-order valence-corrected chi connectivity index (χ0v) is 9.45. The Morgan fingerprint density at radius 2 is 1.69 bits per heavy atom. The molecule has 0 bridgehead atoms. The SMILES string of the molecule is COc1cccc2[pH]c3ccccc3c12.[LiH]. The molecule has 3 heteroatoms. The molecular formula is C13H12LiOP. The zero-order valence-electron chi connectivity index (χ0n) is 8.45. The number of methoxy groups -OCH3 is 1. The molecule has 0 radical (unpaired) electrons. The molecule has 0 spiro atoms. The van der Waals surface area contributed by atoms with Gasteiger partial charge >= 0.3 is 18.9 Å². The van der Waals surface area contributed by atoms with Gasteiger partial charge in [-0.15, -0.1) is 8.19 Å². The Morgan fingerprint density at radius 3 is 2.50 bits per heavy atom. The summed E-state index contributed by atoms with van der Waals surface area (Å²) in [6, 6.07) is 14.9. The van der Waals surface area contributed by atoms with Crippen LogP contribution in [0.2, 0.25) is 0 Å². The summed E-state index contributed by atoms with van der Waals surface area (Å²) in [6.07, 6.45) is 0. The van der Waals surface area contributed by atoms with Crippen molar-refractivity contribution in [2.24, 2.45) is 0 Å². The van der Waals surface area contributed by atoms with Crippen LogP contribution in [-0.2, 0) is 0 Å². The minimum absolute atomic E-state index is 0. The first kappa shape index (κ1) is 11.6. The molecule has 1 aromatic heterocycles. The van der Waals surface area contributed by atoms with E-state index in [0.29, 0.717) is 0 Å². The fourth-order valence-electron chi connectivity index (χ4n) is 2.04. The first-order valence-electron chi connectivity index (χ1n) is 4.93. The monoisotopic (exact) mass is 222 g/mol. The number of hydrogen-bond acceptors (Lipinski definition) is 1. The average molecular weight is 222 g/mol. The Kier molecular flexibility index (Phi) is 3.31. The van der Waals surface area contributed by atoms with Crippen molar-refractivity contribution in [3.8, 4) is 5.75 Å². The molecule has 1 unspecified atom stereocenters. The Labute approximate surface area is 108 Å². The summed E-state index contributed by atoms with van der Waals surface area (Å²) < 4.78 is 5.42. The molecule has 1 heterocycles. The third-order valence-electron chi connectivity index (χ3n) is 2.71. The van der Waals surface area contributed by atoms with Crippen LogP contribution in [0.1, 0.15) is 0 Å². The normalized spacial score (nSPS) is 10.8. The van der Waals surface area contributed by atoms with E-state index < -0.39 is 0 Å². The van der Waals surface area contributed by atoms with Crippen LogP contribution >= 0.6 is 8.19 Å². The van der Waals surface area contributed by atoms with E-state index in [1.807, 2.05) is 6.07 Å². The van der Waals surface area contributed by atoms with Gasteiger partial charge in [0.25, 0.3) is 0 Å². The molecule has 2 aromatic carbocycles. The van der Waals surface area contributed by atoms with Gasteiger partial charge in [0, 0.05) is 10.5 Å². The Morgan fingerprint density at radius 1 is 0.938 bits per heavy atom. The van der Waals surface area contributed by atoms with Crippen molar-refractivity contribution < 1.29 is 4.74 Å². The minimum atomic E-state index is 0. The third kappa shape index (κ3) is 1.66. The summed E-state index contributed by atoms with van der Waals surface area (Å²) in [5, 5.41) is 5.45. The molecule has 0 saturated carbocycles. The van der Waals surface area contributed by atoms with Crippen molar-refractivity contribution in [2.45, 2.75) is 0 Å². The van der Waals surface area contributed by atoms with Gasteiger partial charge in [-0.3, -0.25) is 0 Å². The topological polar surface area (TPSA) is 9.23 Å². The van der Waals surface area contributed by atoms with E-state index >= 15 is 0 Å². The summed E-state index contributed by atoms with van der Waals surface area (Å²) in [5.41, 5.74) is 0. The summed E-state index contributed by atoms with van der Waals surface area (Å²) >= 11 is 0. The van der Waals surface area contributed by atoms with Crippen LogP contribution in [0.25, 0.3) is 21.0 Å². The van der Waals surface area contributed by atoms with Crippen LogP contribution < -0.4 is 4.74 Å². The van der Waals surface area contributed by atoms with E-state index in [4.69, 9.17) is 4.74 Å². The van der Waals surface area contributed by atoms with E-state index in [1.165, 1.54) is 21.0 Å². The van der Waals surface area contributed by atoms with Crippen LogP contribution in [0.15, 0.2) is 42.5 Å². The van der Waals surface area contributed by atoms with Crippen LogP contribution in [0.4, 0.5) is 0 Å². The molecule has 1 nitrogen and oxygen atoms in total. The first-order valence-corrected chi connectivity index (χ1v) is 5.93. The fraction of sp³-hybridized carbons (Fsp3) is 0.0769. The molecule has 1 atom stereocenters. The standard InChI is InChI=1S/C13H11OP.Li.H/c1-14-10-6-4-8-12-13(10)9-5-2-3-7-11(9)15-12;;/h2-8,15H,1H3;;. The van der Waals surface area contributed by atoms with Crippen molar-refractivity contribution in [3.63, 3.8) is 0 Å². The van der Waals surface area contributed by atoms with Crippen molar-refractivity contribution in [3.05, 3.63) is 42.5 Å². The molecule has 0 N–H and O–H groups in total. The van der Waals surface area contributed by atoms with E-state index in [1.54, 1.807) is 7.11 Å². The molecule has 0 aliphatic heterocycles. The molecule has 3 rings (SSSR count). The van der Waals surface area contributed by atoms with Crippen LogP contribution in [0.5, 0.6) is 5.75 Å². The van der Waals surface area contributed by atoms with Gasteiger partial charge in [-0.1, -0.05) is 36.4 Å². The maximum atomic E-state index is 5.42. The maximum absolute atomic E-state index is 5.42. The quantitative estimate of drug-likeness (QED) is 0.573. The molecule has 0 aliphatic carbocycles. The molecular weight excluding hydrogens is 210 g/mol. The van der Waals surface area contributed by atoms with Gasteiger partial charge in [0.2, 0.25) is 0 Å². The summed E-state index contributed by atoms with van der Waals surface area (Å²) in [5.74, 6) is 0.991. The predicted octanol–water partition coefficient (Wildman–Crippen LogP) is 3.38. The molecule has 0 fully saturated rings. The predicted molar refractivity (Wildman–Crippen MR) is 74.7 cm³/mol.